The number of imidazole rings is 1. The summed E-state index contributed by atoms with van der Waals surface area (Å²) in [5, 5.41) is 2.13. The van der Waals surface area contributed by atoms with Crippen molar-refractivity contribution in [1.82, 2.24) is 9.97 Å². The van der Waals surface area contributed by atoms with Crippen LogP contribution in [0.1, 0.15) is 27.4 Å². The molecule has 0 bridgehead atoms. The predicted octanol–water partition coefficient (Wildman–Crippen LogP) is 3.25. The topological polar surface area (TPSA) is 55.0 Å². The number of esters is 1. The normalized spacial score (nSPS) is 10.8. The number of rotatable bonds is 3. The number of carbonyl (C=O) groups excluding carboxylic acids is 1. The molecule has 0 aliphatic carbocycles. The molecular weight excluding hydrogens is 264 g/mol. The highest BCUT2D eigenvalue weighted by Crippen LogP contribution is 2.19. The lowest BCUT2D eigenvalue weighted by atomic mass is 10.0. The first-order valence-corrected chi connectivity index (χ1v) is 6.77. The second-order valence-corrected chi connectivity index (χ2v) is 5.08. The van der Waals surface area contributed by atoms with Gasteiger partial charge in [0.2, 0.25) is 0 Å². The van der Waals surface area contributed by atoms with Crippen molar-refractivity contribution in [3.63, 3.8) is 0 Å². The molecule has 4 nitrogen and oxygen atoms in total. The van der Waals surface area contributed by atoms with Crippen molar-refractivity contribution < 1.29 is 9.53 Å². The molecule has 0 saturated heterocycles. The van der Waals surface area contributed by atoms with Crippen molar-refractivity contribution in [1.29, 1.82) is 0 Å². The molecule has 0 spiro atoms. The van der Waals surface area contributed by atoms with Gasteiger partial charge in [0.1, 0.15) is 5.82 Å². The lowest BCUT2D eigenvalue weighted by molar-refractivity contribution is 0.0601. The van der Waals surface area contributed by atoms with Gasteiger partial charge in [0.05, 0.1) is 12.7 Å². The molecule has 1 N–H and O–H groups in total. The SMILES string of the molecule is COC(=O)c1ccc2cc(Cc3ncc(C)[nH]3)ccc2c1. The van der Waals surface area contributed by atoms with Crippen LogP contribution in [0, 0.1) is 6.92 Å². The maximum absolute atomic E-state index is 11.5. The minimum absolute atomic E-state index is 0.313. The highest BCUT2D eigenvalue weighted by Gasteiger charge is 2.07. The van der Waals surface area contributed by atoms with E-state index in [4.69, 9.17) is 4.74 Å². The Morgan fingerprint density at radius 1 is 1.19 bits per heavy atom. The number of nitrogens with zero attached hydrogens (tertiary/aromatic N) is 1. The molecule has 0 aliphatic heterocycles. The maximum Gasteiger partial charge on any atom is 0.337 e. The van der Waals surface area contributed by atoms with E-state index in [0.29, 0.717) is 5.56 Å². The van der Waals surface area contributed by atoms with Gasteiger partial charge in [0.15, 0.2) is 0 Å². The van der Waals surface area contributed by atoms with Crippen molar-refractivity contribution in [2.24, 2.45) is 0 Å². The molecule has 1 heterocycles. The van der Waals surface area contributed by atoms with E-state index in [9.17, 15) is 4.79 Å². The van der Waals surface area contributed by atoms with E-state index in [1.165, 1.54) is 12.7 Å². The van der Waals surface area contributed by atoms with Gasteiger partial charge in [-0.15, -0.1) is 0 Å². The van der Waals surface area contributed by atoms with Crippen LogP contribution in [0.4, 0.5) is 0 Å². The molecule has 3 aromatic rings. The zero-order chi connectivity index (χ0) is 14.8. The summed E-state index contributed by atoms with van der Waals surface area (Å²) < 4.78 is 4.74. The van der Waals surface area contributed by atoms with Crippen molar-refractivity contribution in [2.45, 2.75) is 13.3 Å². The molecule has 0 aliphatic rings. The Morgan fingerprint density at radius 3 is 2.67 bits per heavy atom. The molecular formula is C17H16N2O2. The minimum Gasteiger partial charge on any atom is -0.465 e. The number of ether oxygens (including phenoxy) is 1. The number of fused-ring (bicyclic) bond motifs is 1. The molecule has 2 aromatic carbocycles. The number of methoxy groups -OCH3 is 1. The summed E-state index contributed by atoms with van der Waals surface area (Å²) in [5.74, 6) is 0.644. The van der Waals surface area contributed by atoms with Gasteiger partial charge in [-0.2, -0.15) is 0 Å². The molecule has 0 unspecified atom stereocenters. The third-order valence-corrected chi connectivity index (χ3v) is 3.45. The van der Waals surface area contributed by atoms with Gasteiger partial charge in [-0.05, 0) is 35.4 Å². The molecule has 0 atom stereocenters. The van der Waals surface area contributed by atoms with Crippen molar-refractivity contribution in [3.05, 3.63) is 65.2 Å². The maximum atomic E-state index is 11.5. The summed E-state index contributed by atoms with van der Waals surface area (Å²) in [5.41, 5.74) is 2.82. The van der Waals surface area contributed by atoms with Gasteiger partial charge in [0.25, 0.3) is 0 Å². The Kier molecular flexibility index (Phi) is 3.44. The van der Waals surface area contributed by atoms with Crippen molar-refractivity contribution in [3.8, 4) is 0 Å². The van der Waals surface area contributed by atoms with Crippen LogP contribution < -0.4 is 0 Å². The Bertz CT molecular complexity index is 805. The number of carbonyl (C=O) groups is 1. The molecule has 1 aromatic heterocycles. The van der Waals surface area contributed by atoms with Crippen LogP contribution in [0.25, 0.3) is 10.8 Å². The Hall–Kier alpha value is -2.62. The van der Waals surface area contributed by atoms with E-state index in [-0.39, 0.29) is 5.97 Å². The van der Waals surface area contributed by atoms with E-state index in [0.717, 1.165) is 28.7 Å². The lowest BCUT2D eigenvalue weighted by Crippen LogP contribution is -2.00. The monoisotopic (exact) mass is 280 g/mol. The van der Waals surface area contributed by atoms with Gasteiger partial charge in [-0.25, -0.2) is 9.78 Å². The number of hydrogen-bond acceptors (Lipinski definition) is 3. The van der Waals surface area contributed by atoms with E-state index < -0.39 is 0 Å². The number of benzene rings is 2. The summed E-state index contributed by atoms with van der Waals surface area (Å²) >= 11 is 0. The third kappa shape index (κ3) is 2.79. The van der Waals surface area contributed by atoms with Crippen LogP contribution >= 0.6 is 0 Å². The summed E-state index contributed by atoms with van der Waals surface area (Å²) in [6.45, 7) is 1.99. The van der Waals surface area contributed by atoms with Crippen LogP contribution in [-0.4, -0.2) is 23.0 Å². The van der Waals surface area contributed by atoms with Crippen molar-refractivity contribution >= 4 is 16.7 Å². The number of aromatic amines is 1. The molecule has 0 saturated carbocycles. The van der Waals surface area contributed by atoms with Gasteiger partial charge in [-0.3, -0.25) is 0 Å². The first kappa shape index (κ1) is 13.4. The number of aromatic nitrogens is 2. The van der Waals surface area contributed by atoms with Crippen LogP contribution in [0.5, 0.6) is 0 Å². The summed E-state index contributed by atoms with van der Waals surface area (Å²) in [7, 11) is 1.39. The van der Waals surface area contributed by atoms with E-state index >= 15 is 0 Å². The van der Waals surface area contributed by atoms with Crippen molar-refractivity contribution in [2.75, 3.05) is 7.11 Å². The smallest absolute Gasteiger partial charge is 0.337 e. The second kappa shape index (κ2) is 5.40. The van der Waals surface area contributed by atoms with Gasteiger partial charge in [-0.1, -0.05) is 24.3 Å². The zero-order valence-electron chi connectivity index (χ0n) is 12.0. The highest BCUT2D eigenvalue weighted by molar-refractivity contribution is 5.95. The first-order valence-electron chi connectivity index (χ1n) is 6.77. The number of H-pyrrole nitrogens is 1. The summed E-state index contributed by atoms with van der Waals surface area (Å²) in [4.78, 5) is 19.1. The largest absolute Gasteiger partial charge is 0.465 e. The average Bonchev–Trinajstić information content (AvgIpc) is 2.91. The predicted molar refractivity (Wildman–Crippen MR) is 81.4 cm³/mol. The van der Waals surface area contributed by atoms with Gasteiger partial charge >= 0.3 is 5.97 Å². The van der Waals surface area contributed by atoms with Crippen LogP contribution in [0.15, 0.2) is 42.6 Å². The Labute approximate surface area is 122 Å². The minimum atomic E-state index is -0.313. The van der Waals surface area contributed by atoms with E-state index in [2.05, 4.69) is 22.1 Å². The Morgan fingerprint density at radius 2 is 1.95 bits per heavy atom. The fraction of sp³-hybridized carbons (Fsp3) is 0.176. The molecule has 0 amide bonds. The summed E-state index contributed by atoms with van der Waals surface area (Å²) in [6, 6.07) is 11.8. The second-order valence-electron chi connectivity index (χ2n) is 5.08. The van der Waals surface area contributed by atoms with Crippen LogP contribution in [-0.2, 0) is 11.2 Å². The van der Waals surface area contributed by atoms with E-state index in [1.54, 1.807) is 6.07 Å². The van der Waals surface area contributed by atoms with Crippen LogP contribution in [0.3, 0.4) is 0 Å². The molecule has 0 radical (unpaired) electrons. The molecule has 106 valence electrons. The third-order valence-electron chi connectivity index (χ3n) is 3.45. The first-order chi connectivity index (χ1) is 10.2. The summed E-state index contributed by atoms with van der Waals surface area (Å²) in [6.07, 6.45) is 2.60. The highest BCUT2D eigenvalue weighted by atomic mass is 16.5. The number of nitrogens with one attached hydrogen (secondary N) is 1. The number of aryl methyl sites for hydroxylation is 1. The molecule has 21 heavy (non-hydrogen) atoms. The quantitative estimate of drug-likeness (QED) is 0.749. The zero-order valence-corrected chi connectivity index (χ0v) is 12.0. The van der Waals surface area contributed by atoms with E-state index in [1.807, 2.05) is 31.3 Å². The fourth-order valence-corrected chi connectivity index (χ4v) is 2.40. The number of hydrogen-bond donors (Lipinski definition) is 1. The molecule has 3 rings (SSSR count). The standard InChI is InChI=1S/C17H16N2O2/c1-11-10-18-16(19-11)8-12-3-4-14-9-15(17(20)21-2)6-5-13(14)7-12/h3-7,9-10H,8H2,1-2H3,(H,18,19). The molecule has 4 heteroatoms. The van der Waals surface area contributed by atoms with Gasteiger partial charge in [0, 0.05) is 18.3 Å². The van der Waals surface area contributed by atoms with Crippen LogP contribution in [0.2, 0.25) is 0 Å². The average molecular weight is 280 g/mol. The lowest BCUT2D eigenvalue weighted by Gasteiger charge is -2.05. The van der Waals surface area contributed by atoms with Gasteiger partial charge < -0.3 is 9.72 Å². The fourth-order valence-electron chi connectivity index (χ4n) is 2.40. The molecule has 0 fully saturated rings. The Balaban J connectivity index is 1.91.